The molecule has 1 aliphatic heterocycles. The maximum atomic E-state index is 12.1. The fourth-order valence-corrected chi connectivity index (χ4v) is 5.70. The Morgan fingerprint density at radius 3 is 2.57 bits per heavy atom. The van der Waals surface area contributed by atoms with Gasteiger partial charge in [-0.05, 0) is 36.5 Å². The van der Waals surface area contributed by atoms with Gasteiger partial charge in [-0.2, -0.15) is 15.2 Å². The lowest BCUT2D eigenvalue weighted by atomic mass is 9.96. The summed E-state index contributed by atoms with van der Waals surface area (Å²) >= 11 is 0. The summed E-state index contributed by atoms with van der Waals surface area (Å²) in [6, 6.07) is 7.15. The third-order valence-electron chi connectivity index (χ3n) is 5.62. The molecule has 188 valence electrons. The summed E-state index contributed by atoms with van der Waals surface area (Å²) in [4.78, 5) is 23.2. The number of nitrogens with one attached hydrogen (secondary N) is 3. The van der Waals surface area contributed by atoms with Gasteiger partial charge in [-0.1, -0.05) is 26.8 Å². The molecular weight excluding hydrogens is 466 g/mol. The molecule has 0 spiro atoms. The Hall–Kier alpha value is -3.39. The summed E-state index contributed by atoms with van der Waals surface area (Å²) in [6.07, 6.45) is 0.467. The number of aromatic nitrogens is 2. The molecule has 0 aliphatic carbocycles. The molecule has 0 saturated carbocycles. The predicted octanol–water partition coefficient (Wildman–Crippen LogP) is 2.84. The summed E-state index contributed by atoms with van der Waals surface area (Å²) in [7, 11) is 0.329. The van der Waals surface area contributed by atoms with Crippen molar-refractivity contribution in [2.24, 2.45) is 5.41 Å². The van der Waals surface area contributed by atoms with E-state index in [1.54, 1.807) is 19.2 Å². The highest BCUT2D eigenvalue weighted by molar-refractivity contribution is 7.91. The molecule has 1 aliphatic rings. The highest BCUT2D eigenvalue weighted by atomic mass is 32.2. The van der Waals surface area contributed by atoms with E-state index in [9.17, 15) is 18.5 Å². The van der Waals surface area contributed by atoms with Crippen molar-refractivity contribution >= 4 is 39.0 Å². The summed E-state index contributed by atoms with van der Waals surface area (Å²) < 4.78 is 23.9. The monoisotopic (exact) mass is 499 g/mol. The van der Waals surface area contributed by atoms with Crippen LogP contribution in [0.1, 0.15) is 48.7 Å². The lowest BCUT2D eigenvalue weighted by molar-refractivity contribution is 0.0963. The number of anilines is 4. The molecule has 1 aromatic carbocycles. The molecule has 0 bridgehead atoms. The molecule has 35 heavy (non-hydrogen) atoms. The van der Waals surface area contributed by atoms with Crippen LogP contribution in [0.4, 0.5) is 23.3 Å². The van der Waals surface area contributed by atoms with Crippen LogP contribution in [0.15, 0.2) is 18.2 Å². The van der Waals surface area contributed by atoms with E-state index < -0.39 is 9.84 Å². The Morgan fingerprint density at radius 1 is 1.29 bits per heavy atom. The summed E-state index contributed by atoms with van der Waals surface area (Å²) in [5.74, 6) is 0.853. The van der Waals surface area contributed by atoms with Crippen LogP contribution in [0.2, 0.25) is 0 Å². The van der Waals surface area contributed by atoms with Crippen LogP contribution in [0.5, 0.6) is 0 Å². The average Bonchev–Trinajstić information content (AvgIpc) is 3.11. The Bertz CT molecular complexity index is 1260. The molecule has 11 heteroatoms. The number of hydrogen-bond donors (Lipinski definition) is 3. The van der Waals surface area contributed by atoms with Gasteiger partial charge in [0.25, 0.3) is 5.91 Å². The predicted molar refractivity (Wildman–Crippen MR) is 138 cm³/mol. The van der Waals surface area contributed by atoms with Crippen molar-refractivity contribution < 1.29 is 13.2 Å². The first-order valence-electron chi connectivity index (χ1n) is 11.4. The van der Waals surface area contributed by atoms with Crippen molar-refractivity contribution in [2.45, 2.75) is 40.2 Å². The van der Waals surface area contributed by atoms with Crippen LogP contribution < -0.4 is 20.9 Å². The SMILES string of the molecule is CNC(=O)c1ccc(C)c(Nc2nc(NC3CCS(=O)(=O)C3)nc(N(C)CC(C)(C)C)c2C#N)c1. The van der Waals surface area contributed by atoms with Gasteiger partial charge in [0.05, 0.1) is 11.5 Å². The summed E-state index contributed by atoms with van der Waals surface area (Å²) in [5.41, 5.74) is 2.14. The molecule has 1 amide bonds. The van der Waals surface area contributed by atoms with E-state index in [4.69, 9.17) is 0 Å². The average molecular weight is 500 g/mol. The number of nitriles is 1. The third-order valence-corrected chi connectivity index (χ3v) is 7.39. The second kappa shape index (κ2) is 10.1. The normalized spacial score (nSPS) is 16.9. The van der Waals surface area contributed by atoms with E-state index in [2.05, 4.69) is 52.8 Å². The molecule has 1 unspecified atom stereocenters. The molecule has 2 heterocycles. The number of rotatable bonds is 7. The molecule has 3 N–H and O–H groups in total. The first-order valence-corrected chi connectivity index (χ1v) is 13.2. The van der Waals surface area contributed by atoms with Crippen LogP contribution in [0, 0.1) is 23.7 Å². The van der Waals surface area contributed by atoms with Gasteiger partial charge in [0.2, 0.25) is 5.95 Å². The zero-order valence-corrected chi connectivity index (χ0v) is 21.9. The Balaban J connectivity index is 2.07. The topological polar surface area (TPSA) is 140 Å². The minimum Gasteiger partial charge on any atom is -0.358 e. The number of sulfone groups is 1. The largest absolute Gasteiger partial charge is 0.358 e. The Kier molecular flexibility index (Phi) is 7.55. The number of carbonyl (C=O) groups is 1. The van der Waals surface area contributed by atoms with Gasteiger partial charge in [0.15, 0.2) is 21.5 Å². The van der Waals surface area contributed by atoms with Gasteiger partial charge in [-0.3, -0.25) is 4.79 Å². The van der Waals surface area contributed by atoms with Crippen molar-refractivity contribution in [1.29, 1.82) is 5.26 Å². The second-order valence-electron chi connectivity index (χ2n) is 10.1. The lowest BCUT2D eigenvalue weighted by Gasteiger charge is -2.29. The first-order chi connectivity index (χ1) is 16.3. The number of benzene rings is 1. The van der Waals surface area contributed by atoms with Crippen LogP contribution in [-0.2, 0) is 9.84 Å². The molecule has 1 saturated heterocycles. The third kappa shape index (κ3) is 6.60. The second-order valence-corrected chi connectivity index (χ2v) is 12.3. The molecule has 2 aromatic rings. The van der Waals surface area contributed by atoms with E-state index in [1.165, 1.54) is 0 Å². The highest BCUT2D eigenvalue weighted by Gasteiger charge is 2.29. The first kappa shape index (κ1) is 26.2. The van der Waals surface area contributed by atoms with Gasteiger partial charge in [0, 0.05) is 37.9 Å². The van der Waals surface area contributed by atoms with E-state index in [0.717, 1.165) is 5.56 Å². The lowest BCUT2D eigenvalue weighted by Crippen LogP contribution is -2.31. The van der Waals surface area contributed by atoms with Crippen molar-refractivity contribution in [2.75, 3.05) is 47.7 Å². The molecule has 3 rings (SSSR count). The van der Waals surface area contributed by atoms with Crippen molar-refractivity contribution in [3.05, 3.63) is 34.9 Å². The van der Waals surface area contributed by atoms with Crippen molar-refractivity contribution in [1.82, 2.24) is 15.3 Å². The van der Waals surface area contributed by atoms with Crippen LogP contribution in [0.3, 0.4) is 0 Å². The highest BCUT2D eigenvalue weighted by Crippen LogP contribution is 2.31. The van der Waals surface area contributed by atoms with Gasteiger partial charge in [0.1, 0.15) is 11.6 Å². The molecule has 1 atom stereocenters. The minimum atomic E-state index is -3.09. The van der Waals surface area contributed by atoms with E-state index in [1.807, 2.05) is 24.9 Å². The maximum Gasteiger partial charge on any atom is 0.251 e. The molecule has 10 nitrogen and oxygen atoms in total. The number of amides is 1. The van der Waals surface area contributed by atoms with E-state index in [0.29, 0.717) is 30.0 Å². The van der Waals surface area contributed by atoms with E-state index >= 15 is 0 Å². The van der Waals surface area contributed by atoms with Gasteiger partial charge >= 0.3 is 0 Å². The van der Waals surface area contributed by atoms with Gasteiger partial charge in [-0.15, -0.1) is 0 Å². The number of aryl methyl sites for hydroxylation is 1. The molecule has 1 aromatic heterocycles. The minimum absolute atomic E-state index is 0.0135. The zero-order valence-electron chi connectivity index (χ0n) is 21.1. The molecule has 0 radical (unpaired) electrons. The fraction of sp³-hybridized carbons (Fsp3) is 0.500. The van der Waals surface area contributed by atoms with Crippen molar-refractivity contribution in [3.63, 3.8) is 0 Å². The smallest absolute Gasteiger partial charge is 0.251 e. The maximum absolute atomic E-state index is 12.1. The quantitative estimate of drug-likeness (QED) is 0.524. The summed E-state index contributed by atoms with van der Waals surface area (Å²) in [5, 5.41) is 19.0. The van der Waals surface area contributed by atoms with Gasteiger partial charge in [-0.25, -0.2) is 8.42 Å². The van der Waals surface area contributed by atoms with Crippen LogP contribution in [-0.4, -0.2) is 62.5 Å². The zero-order chi connectivity index (χ0) is 26.0. The summed E-state index contributed by atoms with van der Waals surface area (Å²) in [6.45, 7) is 8.78. The number of hydrogen-bond acceptors (Lipinski definition) is 9. The standard InChI is InChI=1S/C24H33N7O3S/c1-15-7-8-16(22(32)26-5)11-19(15)28-20-18(12-25)21(31(6)14-24(2,3)4)30-23(29-20)27-17-9-10-35(33,34)13-17/h7-8,11,17H,9-10,13-14H2,1-6H3,(H,26,32)(H2,27,28,29,30). The van der Waals surface area contributed by atoms with Crippen LogP contribution in [0.25, 0.3) is 0 Å². The van der Waals surface area contributed by atoms with Gasteiger partial charge < -0.3 is 20.9 Å². The van der Waals surface area contributed by atoms with E-state index in [-0.39, 0.29) is 46.2 Å². The fourth-order valence-electron chi connectivity index (χ4n) is 4.03. The number of carbonyl (C=O) groups excluding carboxylic acids is 1. The Labute approximate surface area is 207 Å². The van der Waals surface area contributed by atoms with Crippen molar-refractivity contribution in [3.8, 4) is 6.07 Å². The Morgan fingerprint density at radius 2 is 2.00 bits per heavy atom. The van der Waals surface area contributed by atoms with Crippen LogP contribution >= 0.6 is 0 Å². The molecular formula is C24H33N7O3S. The number of nitrogens with zero attached hydrogens (tertiary/aromatic N) is 4. The molecule has 1 fully saturated rings.